The summed E-state index contributed by atoms with van der Waals surface area (Å²) < 4.78 is 20.9. The Labute approximate surface area is 194 Å². The molecule has 0 amide bonds. The van der Waals surface area contributed by atoms with Gasteiger partial charge in [0.25, 0.3) is 7.37 Å². The van der Waals surface area contributed by atoms with Gasteiger partial charge in [0.2, 0.25) is 0 Å². The number of nitrogens with one attached hydrogen (secondary N) is 1. The highest BCUT2D eigenvalue weighted by Gasteiger charge is 2.40. The minimum atomic E-state index is -3.53. The Morgan fingerprint density at radius 1 is 0.871 bits per heavy atom. The lowest BCUT2D eigenvalue weighted by atomic mass is 10.2. The lowest BCUT2D eigenvalue weighted by Gasteiger charge is -2.32. The van der Waals surface area contributed by atoms with Gasteiger partial charge in [-0.3, -0.25) is 4.57 Å². The van der Waals surface area contributed by atoms with Crippen molar-refractivity contribution in [2.45, 2.75) is 25.7 Å². The van der Waals surface area contributed by atoms with Gasteiger partial charge in [0.05, 0.1) is 6.10 Å². The minimum absolute atomic E-state index is 0.277. The van der Waals surface area contributed by atoms with E-state index in [2.05, 4.69) is 5.32 Å². The summed E-state index contributed by atoms with van der Waals surface area (Å²) in [6.07, 6.45) is -0.277. The van der Waals surface area contributed by atoms with Gasteiger partial charge in [0.1, 0.15) is 5.78 Å². The standard InChI is InChI=1S/C24H27Cl2N2O2P/c1-17(2)30-31(29,20-15-13-19(14-16-20)28(3)4)24(27-18-9-6-5-7-10-18)23-21(25)11-8-12-22(23)26/h5-17,24,27H,1-4H3/t24-,31+/m1/s1. The Bertz CT molecular complexity index is 1040. The molecule has 2 atom stereocenters. The van der Waals surface area contributed by atoms with Gasteiger partial charge >= 0.3 is 0 Å². The van der Waals surface area contributed by atoms with Crippen molar-refractivity contribution < 1.29 is 9.09 Å². The van der Waals surface area contributed by atoms with Gasteiger partial charge in [-0.15, -0.1) is 0 Å². The van der Waals surface area contributed by atoms with Gasteiger partial charge in [-0.1, -0.05) is 47.5 Å². The van der Waals surface area contributed by atoms with Crippen molar-refractivity contribution >= 4 is 47.3 Å². The maximum atomic E-state index is 14.7. The summed E-state index contributed by atoms with van der Waals surface area (Å²) in [5, 5.41) is 4.84. The van der Waals surface area contributed by atoms with Crippen LogP contribution in [0, 0.1) is 0 Å². The van der Waals surface area contributed by atoms with Crippen molar-refractivity contribution in [3.8, 4) is 0 Å². The smallest absolute Gasteiger partial charge is 0.258 e. The largest absolute Gasteiger partial charge is 0.378 e. The van der Waals surface area contributed by atoms with E-state index in [9.17, 15) is 4.57 Å². The first-order chi connectivity index (χ1) is 14.7. The molecule has 0 aliphatic heterocycles. The molecule has 164 valence electrons. The maximum absolute atomic E-state index is 14.7. The molecule has 31 heavy (non-hydrogen) atoms. The first kappa shape index (κ1) is 23.7. The molecule has 7 heteroatoms. The molecule has 0 saturated heterocycles. The highest BCUT2D eigenvalue weighted by Crippen LogP contribution is 2.61. The second kappa shape index (κ2) is 10.1. The summed E-state index contributed by atoms with van der Waals surface area (Å²) in [5.74, 6) is -0.774. The van der Waals surface area contributed by atoms with Gasteiger partial charge in [-0.25, -0.2) is 0 Å². The normalized spacial score (nSPS) is 14.2. The molecule has 0 aliphatic carbocycles. The second-order valence-corrected chi connectivity index (χ2v) is 11.0. The van der Waals surface area contributed by atoms with E-state index in [-0.39, 0.29) is 6.10 Å². The van der Waals surface area contributed by atoms with Crippen LogP contribution in [0.25, 0.3) is 0 Å². The van der Waals surface area contributed by atoms with E-state index in [1.165, 1.54) is 0 Å². The van der Waals surface area contributed by atoms with Crippen molar-refractivity contribution in [3.63, 3.8) is 0 Å². The molecule has 1 N–H and O–H groups in total. The molecule has 0 bridgehead atoms. The first-order valence-electron chi connectivity index (χ1n) is 10.0. The number of anilines is 2. The van der Waals surface area contributed by atoms with Crippen LogP contribution in [0.15, 0.2) is 72.8 Å². The van der Waals surface area contributed by atoms with E-state index in [4.69, 9.17) is 27.7 Å². The van der Waals surface area contributed by atoms with Crippen molar-refractivity contribution in [2.24, 2.45) is 0 Å². The van der Waals surface area contributed by atoms with Crippen LogP contribution in [0.5, 0.6) is 0 Å². The molecule has 0 radical (unpaired) electrons. The molecule has 0 saturated carbocycles. The number of hydrogen-bond acceptors (Lipinski definition) is 4. The van der Waals surface area contributed by atoms with Crippen molar-refractivity contribution in [2.75, 3.05) is 24.3 Å². The number of nitrogens with zero attached hydrogens (tertiary/aromatic N) is 1. The molecule has 0 heterocycles. The van der Waals surface area contributed by atoms with Crippen LogP contribution < -0.4 is 15.5 Å². The monoisotopic (exact) mass is 476 g/mol. The third-order valence-electron chi connectivity index (χ3n) is 4.78. The molecule has 3 rings (SSSR count). The molecule has 3 aromatic carbocycles. The van der Waals surface area contributed by atoms with Crippen LogP contribution in [-0.2, 0) is 9.09 Å². The Morgan fingerprint density at radius 2 is 1.45 bits per heavy atom. The summed E-state index contributed by atoms with van der Waals surface area (Å²) in [7, 11) is 0.394. The van der Waals surface area contributed by atoms with E-state index in [1.807, 2.05) is 87.4 Å². The van der Waals surface area contributed by atoms with E-state index in [1.54, 1.807) is 18.2 Å². The predicted molar refractivity (Wildman–Crippen MR) is 133 cm³/mol. The zero-order chi connectivity index (χ0) is 22.6. The Balaban J connectivity index is 2.21. The summed E-state index contributed by atoms with van der Waals surface area (Å²) in [6, 6.07) is 22.4. The number of benzene rings is 3. The lowest BCUT2D eigenvalue weighted by molar-refractivity contribution is 0.245. The minimum Gasteiger partial charge on any atom is -0.378 e. The fraction of sp³-hybridized carbons (Fsp3) is 0.250. The van der Waals surface area contributed by atoms with Gasteiger partial charge < -0.3 is 14.7 Å². The van der Waals surface area contributed by atoms with Crippen LogP contribution in [0.3, 0.4) is 0 Å². The Morgan fingerprint density at radius 3 is 1.97 bits per heavy atom. The number of rotatable bonds is 8. The fourth-order valence-electron chi connectivity index (χ4n) is 3.33. The van der Waals surface area contributed by atoms with Crippen molar-refractivity contribution in [1.82, 2.24) is 0 Å². The quantitative estimate of drug-likeness (QED) is 0.349. The topological polar surface area (TPSA) is 41.6 Å². The SMILES string of the molecule is CC(C)O[P@@](=O)(c1ccc(N(C)C)cc1)[C@@H](Nc1ccccc1)c1c(Cl)cccc1Cl. The van der Waals surface area contributed by atoms with Crippen LogP contribution in [0.2, 0.25) is 10.0 Å². The highest BCUT2D eigenvalue weighted by atomic mass is 35.5. The van der Waals surface area contributed by atoms with E-state index in [0.29, 0.717) is 20.9 Å². The average Bonchev–Trinajstić information content (AvgIpc) is 2.73. The molecular formula is C24H27Cl2N2O2P. The molecule has 0 aliphatic rings. The Kier molecular flexibility index (Phi) is 7.72. The van der Waals surface area contributed by atoms with Gasteiger partial charge in [0.15, 0.2) is 0 Å². The molecule has 0 aromatic heterocycles. The van der Waals surface area contributed by atoms with Gasteiger partial charge in [-0.2, -0.15) is 0 Å². The van der Waals surface area contributed by atoms with E-state index in [0.717, 1.165) is 11.4 Å². The average molecular weight is 477 g/mol. The summed E-state index contributed by atoms with van der Waals surface area (Å²) in [6.45, 7) is 3.74. The maximum Gasteiger partial charge on any atom is 0.258 e. The van der Waals surface area contributed by atoms with Crippen LogP contribution in [0.4, 0.5) is 11.4 Å². The second-order valence-electron chi connectivity index (χ2n) is 7.71. The third kappa shape index (κ3) is 5.45. The first-order valence-corrected chi connectivity index (χ1v) is 12.5. The van der Waals surface area contributed by atoms with E-state index >= 15 is 0 Å². The molecule has 0 fully saturated rings. The molecular weight excluding hydrogens is 450 g/mol. The number of hydrogen-bond donors (Lipinski definition) is 1. The van der Waals surface area contributed by atoms with E-state index < -0.39 is 13.2 Å². The fourth-order valence-corrected chi connectivity index (χ4v) is 6.77. The van der Waals surface area contributed by atoms with Crippen molar-refractivity contribution in [3.05, 3.63) is 88.4 Å². The molecule has 0 unspecified atom stereocenters. The van der Waals surface area contributed by atoms with Gasteiger partial charge in [-0.05, 0) is 62.4 Å². The molecule has 4 nitrogen and oxygen atoms in total. The Hall–Kier alpha value is -1.97. The highest BCUT2D eigenvalue weighted by molar-refractivity contribution is 7.67. The molecule has 3 aromatic rings. The molecule has 0 spiro atoms. The summed E-state index contributed by atoms with van der Waals surface area (Å²) >= 11 is 13.2. The lowest BCUT2D eigenvalue weighted by Crippen LogP contribution is -2.23. The predicted octanol–water partition coefficient (Wildman–Crippen LogP) is 7.20. The summed E-state index contributed by atoms with van der Waals surface area (Å²) in [4.78, 5) is 1.99. The zero-order valence-electron chi connectivity index (χ0n) is 18.0. The number of para-hydroxylation sites is 1. The van der Waals surface area contributed by atoms with Crippen LogP contribution >= 0.6 is 30.6 Å². The van der Waals surface area contributed by atoms with Gasteiger partial charge in [0, 0.05) is 46.4 Å². The zero-order valence-corrected chi connectivity index (χ0v) is 20.5. The third-order valence-corrected chi connectivity index (χ3v) is 8.26. The van der Waals surface area contributed by atoms with Crippen molar-refractivity contribution in [1.29, 1.82) is 0 Å². The number of halogens is 2. The van der Waals surface area contributed by atoms with Crippen LogP contribution in [-0.4, -0.2) is 20.2 Å². The summed E-state index contributed by atoms with van der Waals surface area (Å²) in [5.41, 5.74) is 2.35. The van der Waals surface area contributed by atoms with Crippen LogP contribution in [0.1, 0.15) is 25.2 Å².